The molecule has 0 bridgehead atoms. The number of furan rings is 1. The third kappa shape index (κ3) is 3.41. The third-order valence-corrected chi connectivity index (χ3v) is 4.67. The van der Waals surface area contributed by atoms with Crippen LogP contribution in [0.2, 0.25) is 0 Å². The summed E-state index contributed by atoms with van der Waals surface area (Å²) in [7, 11) is -3.72. The number of urea groups is 1. The van der Waals surface area contributed by atoms with Gasteiger partial charge in [0, 0.05) is 5.56 Å². The van der Waals surface area contributed by atoms with Crippen LogP contribution in [0.5, 0.6) is 0 Å². The molecule has 0 aliphatic rings. The van der Waals surface area contributed by atoms with Crippen molar-refractivity contribution in [1.29, 1.82) is 0 Å². The molecule has 0 aliphatic carbocycles. The van der Waals surface area contributed by atoms with Crippen LogP contribution in [0.15, 0.2) is 58.2 Å². The SMILES string of the molecule is NC(=O)N(O)C(CS(=O)(=O)c1ccccc1)c1ccoc1. The molecule has 2 aromatic rings. The van der Waals surface area contributed by atoms with Gasteiger partial charge in [0.05, 0.1) is 23.2 Å². The molecule has 0 radical (unpaired) electrons. The molecular formula is C13H14N2O5S. The molecule has 2 rings (SSSR count). The molecule has 1 atom stereocenters. The summed E-state index contributed by atoms with van der Waals surface area (Å²) < 4.78 is 29.5. The average molecular weight is 310 g/mol. The van der Waals surface area contributed by atoms with Crippen molar-refractivity contribution in [1.82, 2.24) is 5.06 Å². The van der Waals surface area contributed by atoms with Crippen LogP contribution in [-0.4, -0.2) is 30.5 Å². The van der Waals surface area contributed by atoms with Crippen molar-refractivity contribution in [2.45, 2.75) is 10.9 Å². The van der Waals surface area contributed by atoms with Crippen molar-refractivity contribution in [3.8, 4) is 0 Å². The van der Waals surface area contributed by atoms with Gasteiger partial charge in [0.1, 0.15) is 6.04 Å². The van der Waals surface area contributed by atoms with Crippen LogP contribution in [0.1, 0.15) is 11.6 Å². The molecule has 0 aliphatic heterocycles. The lowest BCUT2D eigenvalue weighted by Gasteiger charge is -2.23. The molecule has 1 heterocycles. The summed E-state index contributed by atoms with van der Waals surface area (Å²) in [5.41, 5.74) is 5.34. The van der Waals surface area contributed by atoms with Gasteiger partial charge in [-0.15, -0.1) is 0 Å². The number of sulfone groups is 1. The lowest BCUT2D eigenvalue weighted by molar-refractivity contribution is -0.0700. The van der Waals surface area contributed by atoms with Gasteiger partial charge in [-0.05, 0) is 18.2 Å². The van der Waals surface area contributed by atoms with E-state index in [1.54, 1.807) is 18.2 Å². The van der Waals surface area contributed by atoms with Crippen molar-refractivity contribution < 1.29 is 22.8 Å². The highest BCUT2D eigenvalue weighted by molar-refractivity contribution is 7.91. The number of rotatable bonds is 5. The van der Waals surface area contributed by atoms with Gasteiger partial charge in [-0.2, -0.15) is 5.06 Å². The molecule has 8 heteroatoms. The average Bonchev–Trinajstić information content (AvgIpc) is 2.99. The zero-order valence-electron chi connectivity index (χ0n) is 10.9. The Bertz CT molecular complexity index is 697. The van der Waals surface area contributed by atoms with Gasteiger partial charge in [0.15, 0.2) is 9.84 Å². The van der Waals surface area contributed by atoms with Gasteiger partial charge in [-0.3, -0.25) is 5.21 Å². The van der Waals surface area contributed by atoms with E-state index in [2.05, 4.69) is 0 Å². The van der Waals surface area contributed by atoms with Crippen LogP contribution < -0.4 is 5.73 Å². The lowest BCUT2D eigenvalue weighted by atomic mass is 10.2. The fourth-order valence-corrected chi connectivity index (χ4v) is 3.37. The lowest BCUT2D eigenvalue weighted by Crippen LogP contribution is -2.39. The van der Waals surface area contributed by atoms with E-state index in [0.717, 1.165) is 0 Å². The van der Waals surface area contributed by atoms with Crippen LogP contribution in [0, 0.1) is 0 Å². The topological polar surface area (TPSA) is 114 Å². The van der Waals surface area contributed by atoms with Crippen LogP contribution in [0.4, 0.5) is 4.79 Å². The van der Waals surface area contributed by atoms with E-state index in [4.69, 9.17) is 10.2 Å². The fraction of sp³-hybridized carbons (Fsp3) is 0.154. The molecule has 0 saturated heterocycles. The predicted octanol–water partition coefficient (Wildman–Crippen LogP) is 1.56. The number of hydroxylamine groups is 2. The molecule has 0 saturated carbocycles. The van der Waals surface area contributed by atoms with Gasteiger partial charge < -0.3 is 10.2 Å². The standard InChI is InChI=1S/C13H14N2O5S/c14-13(16)15(17)12(10-6-7-20-8-10)9-21(18,19)11-4-2-1-3-5-11/h1-8,12,17H,9H2,(H2,14,16). The van der Waals surface area contributed by atoms with Gasteiger partial charge >= 0.3 is 6.03 Å². The second-order valence-electron chi connectivity index (χ2n) is 4.35. The molecular weight excluding hydrogens is 296 g/mol. The summed E-state index contributed by atoms with van der Waals surface area (Å²) in [6.45, 7) is 0. The van der Waals surface area contributed by atoms with E-state index in [0.29, 0.717) is 5.56 Å². The number of carbonyl (C=O) groups excluding carboxylic acids is 1. The van der Waals surface area contributed by atoms with Gasteiger partial charge in [-0.25, -0.2) is 13.2 Å². The molecule has 21 heavy (non-hydrogen) atoms. The Morgan fingerprint density at radius 2 is 1.95 bits per heavy atom. The predicted molar refractivity (Wildman–Crippen MR) is 73.2 cm³/mol. The second-order valence-corrected chi connectivity index (χ2v) is 6.38. The fourth-order valence-electron chi connectivity index (χ4n) is 1.86. The van der Waals surface area contributed by atoms with Crippen molar-refractivity contribution >= 4 is 15.9 Å². The summed E-state index contributed by atoms with van der Waals surface area (Å²) in [6, 6.07) is 6.90. The molecule has 0 spiro atoms. The van der Waals surface area contributed by atoms with Crippen LogP contribution >= 0.6 is 0 Å². The maximum atomic E-state index is 12.3. The van der Waals surface area contributed by atoms with Crippen LogP contribution in [0.3, 0.4) is 0 Å². The van der Waals surface area contributed by atoms with E-state index < -0.39 is 27.7 Å². The largest absolute Gasteiger partial charge is 0.472 e. The number of hydrogen-bond acceptors (Lipinski definition) is 5. The summed E-state index contributed by atoms with van der Waals surface area (Å²) in [4.78, 5) is 11.2. The number of nitrogens with two attached hydrogens (primary N) is 1. The molecule has 1 aromatic heterocycles. The summed E-state index contributed by atoms with van der Waals surface area (Å²) in [5, 5.41) is 9.91. The monoisotopic (exact) mass is 310 g/mol. The van der Waals surface area contributed by atoms with E-state index >= 15 is 0 Å². The Labute approximate surface area is 121 Å². The number of nitrogens with zero attached hydrogens (tertiary/aromatic N) is 1. The van der Waals surface area contributed by atoms with Crippen molar-refractivity contribution in [3.63, 3.8) is 0 Å². The maximum absolute atomic E-state index is 12.3. The zero-order valence-corrected chi connectivity index (χ0v) is 11.7. The Hall–Kier alpha value is -2.32. The van der Waals surface area contributed by atoms with E-state index in [1.807, 2.05) is 0 Å². The minimum absolute atomic E-state index is 0.0939. The first-order valence-electron chi connectivity index (χ1n) is 5.99. The van der Waals surface area contributed by atoms with Gasteiger partial charge in [0.2, 0.25) is 0 Å². The van der Waals surface area contributed by atoms with Crippen LogP contribution in [0.25, 0.3) is 0 Å². The first-order chi connectivity index (χ1) is 9.92. The Balaban J connectivity index is 2.34. The Kier molecular flexibility index (Phi) is 4.29. The van der Waals surface area contributed by atoms with Gasteiger partial charge in [-0.1, -0.05) is 18.2 Å². The minimum Gasteiger partial charge on any atom is -0.472 e. The molecule has 3 N–H and O–H groups in total. The number of hydrogen-bond donors (Lipinski definition) is 2. The second kappa shape index (κ2) is 5.98. The molecule has 1 aromatic carbocycles. The zero-order chi connectivity index (χ0) is 15.5. The van der Waals surface area contributed by atoms with E-state index in [-0.39, 0.29) is 9.96 Å². The van der Waals surface area contributed by atoms with Crippen molar-refractivity contribution in [2.75, 3.05) is 5.75 Å². The third-order valence-electron chi connectivity index (χ3n) is 2.93. The quantitative estimate of drug-likeness (QED) is 0.642. The van der Waals surface area contributed by atoms with Crippen molar-refractivity contribution in [2.24, 2.45) is 5.73 Å². The molecule has 1 unspecified atom stereocenters. The highest BCUT2D eigenvalue weighted by Crippen LogP contribution is 2.24. The maximum Gasteiger partial charge on any atom is 0.339 e. The van der Waals surface area contributed by atoms with Crippen LogP contribution in [-0.2, 0) is 9.84 Å². The minimum atomic E-state index is -3.72. The Morgan fingerprint density at radius 1 is 1.29 bits per heavy atom. The molecule has 7 nitrogen and oxygen atoms in total. The smallest absolute Gasteiger partial charge is 0.339 e. The number of amides is 2. The number of benzene rings is 1. The highest BCUT2D eigenvalue weighted by Gasteiger charge is 2.29. The van der Waals surface area contributed by atoms with E-state index in [9.17, 15) is 18.4 Å². The highest BCUT2D eigenvalue weighted by atomic mass is 32.2. The summed E-state index contributed by atoms with van der Waals surface area (Å²) in [6.07, 6.45) is 2.56. The molecule has 112 valence electrons. The number of primary amides is 1. The summed E-state index contributed by atoms with van der Waals surface area (Å²) >= 11 is 0. The number of carbonyl (C=O) groups is 1. The molecule has 0 fully saturated rings. The van der Waals surface area contributed by atoms with Crippen molar-refractivity contribution in [3.05, 3.63) is 54.5 Å². The first kappa shape index (κ1) is 15.1. The first-order valence-corrected chi connectivity index (χ1v) is 7.64. The summed E-state index contributed by atoms with van der Waals surface area (Å²) in [5.74, 6) is -0.518. The van der Waals surface area contributed by atoms with Gasteiger partial charge in [0.25, 0.3) is 0 Å². The Morgan fingerprint density at radius 3 is 2.48 bits per heavy atom. The normalized spacial score (nSPS) is 12.8. The molecule has 2 amide bonds. The van der Waals surface area contributed by atoms with E-state index in [1.165, 1.54) is 30.7 Å².